The minimum Gasteiger partial charge on any atom is -0.373 e. The first-order valence-corrected chi connectivity index (χ1v) is 6.11. The summed E-state index contributed by atoms with van der Waals surface area (Å²) < 4.78 is 0. The van der Waals surface area contributed by atoms with E-state index in [1.54, 1.807) is 6.33 Å². The van der Waals surface area contributed by atoms with Crippen LogP contribution in [0, 0.1) is 0 Å². The Hall–Kier alpha value is -1.90. The van der Waals surface area contributed by atoms with Crippen molar-refractivity contribution in [1.29, 1.82) is 0 Å². The summed E-state index contributed by atoms with van der Waals surface area (Å²) in [6, 6.07) is 10.5. The van der Waals surface area contributed by atoms with Gasteiger partial charge in [0.15, 0.2) is 0 Å². The van der Waals surface area contributed by atoms with Gasteiger partial charge in [-0.1, -0.05) is 45.0 Å². The van der Waals surface area contributed by atoms with Crippen LogP contribution in [0.3, 0.4) is 0 Å². The summed E-state index contributed by atoms with van der Waals surface area (Å²) in [5, 5.41) is 3.02. The van der Waals surface area contributed by atoms with Gasteiger partial charge in [-0.2, -0.15) is 0 Å². The third-order valence-electron chi connectivity index (χ3n) is 2.97. The number of nitrogens with one attached hydrogen (secondary N) is 1. The first-order valence-electron chi connectivity index (χ1n) is 6.11. The number of hydrogen-bond acceptors (Lipinski definition) is 3. The molecule has 0 aliphatic carbocycles. The van der Waals surface area contributed by atoms with Gasteiger partial charge >= 0.3 is 0 Å². The van der Waals surface area contributed by atoms with Crippen LogP contribution >= 0.6 is 0 Å². The maximum Gasteiger partial charge on any atom is 0.129 e. The van der Waals surface area contributed by atoms with Gasteiger partial charge in [0.25, 0.3) is 0 Å². The van der Waals surface area contributed by atoms with Crippen molar-refractivity contribution in [2.24, 2.45) is 0 Å². The van der Waals surface area contributed by atoms with Crippen LogP contribution in [0.15, 0.2) is 36.7 Å². The molecular formula is C15H19N3. The smallest absolute Gasteiger partial charge is 0.129 e. The van der Waals surface area contributed by atoms with E-state index in [0.29, 0.717) is 0 Å². The third-order valence-corrected chi connectivity index (χ3v) is 2.97. The number of hydrogen-bond donors (Lipinski definition) is 1. The van der Waals surface area contributed by atoms with Gasteiger partial charge in [0.1, 0.15) is 12.1 Å². The van der Waals surface area contributed by atoms with Crippen LogP contribution in [0.2, 0.25) is 0 Å². The molecule has 1 heterocycles. The molecule has 3 heteroatoms. The Balaban J connectivity index is 2.34. The quantitative estimate of drug-likeness (QED) is 0.874. The van der Waals surface area contributed by atoms with Crippen molar-refractivity contribution >= 4 is 5.82 Å². The van der Waals surface area contributed by atoms with Crippen molar-refractivity contribution in [1.82, 2.24) is 9.97 Å². The van der Waals surface area contributed by atoms with E-state index in [9.17, 15) is 0 Å². The SMILES string of the molecule is CNc1cc(-c2ccc(C(C)(C)C)cc2)ncn1. The van der Waals surface area contributed by atoms with Gasteiger partial charge < -0.3 is 5.32 Å². The van der Waals surface area contributed by atoms with Crippen molar-refractivity contribution in [3.63, 3.8) is 0 Å². The van der Waals surface area contributed by atoms with E-state index in [4.69, 9.17) is 0 Å². The summed E-state index contributed by atoms with van der Waals surface area (Å²) in [6.45, 7) is 6.64. The summed E-state index contributed by atoms with van der Waals surface area (Å²) in [7, 11) is 1.86. The lowest BCUT2D eigenvalue weighted by atomic mass is 9.86. The molecule has 0 unspecified atom stereocenters. The molecule has 0 amide bonds. The molecule has 2 aromatic rings. The zero-order valence-electron chi connectivity index (χ0n) is 11.4. The van der Waals surface area contributed by atoms with E-state index >= 15 is 0 Å². The topological polar surface area (TPSA) is 37.8 Å². The molecule has 0 saturated heterocycles. The van der Waals surface area contributed by atoms with Crippen molar-refractivity contribution in [3.05, 3.63) is 42.2 Å². The Morgan fingerprint density at radius 2 is 1.67 bits per heavy atom. The monoisotopic (exact) mass is 241 g/mol. The van der Waals surface area contributed by atoms with Gasteiger partial charge in [0, 0.05) is 18.7 Å². The van der Waals surface area contributed by atoms with Gasteiger partial charge in [-0.15, -0.1) is 0 Å². The van der Waals surface area contributed by atoms with Crippen LogP contribution in [0.5, 0.6) is 0 Å². The second kappa shape index (κ2) is 4.77. The summed E-state index contributed by atoms with van der Waals surface area (Å²) in [5.41, 5.74) is 3.56. The van der Waals surface area contributed by atoms with Crippen molar-refractivity contribution in [2.75, 3.05) is 12.4 Å². The Morgan fingerprint density at radius 1 is 1.00 bits per heavy atom. The van der Waals surface area contributed by atoms with E-state index < -0.39 is 0 Å². The molecular weight excluding hydrogens is 222 g/mol. The largest absolute Gasteiger partial charge is 0.373 e. The Morgan fingerprint density at radius 3 is 2.22 bits per heavy atom. The molecule has 18 heavy (non-hydrogen) atoms. The highest BCUT2D eigenvalue weighted by atomic mass is 15.0. The van der Waals surface area contributed by atoms with Crippen LogP contribution in [0.4, 0.5) is 5.82 Å². The molecule has 0 fully saturated rings. The molecule has 94 valence electrons. The molecule has 0 spiro atoms. The van der Waals surface area contributed by atoms with E-state index in [1.165, 1.54) is 5.56 Å². The standard InChI is InChI=1S/C15H19N3/c1-15(2,3)12-7-5-11(6-8-12)13-9-14(16-4)18-10-17-13/h5-10H,1-4H3,(H,16,17,18). The van der Waals surface area contributed by atoms with Crippen LogP contribution in [0.25, 0.3) is 11.3 Å². The normalized spacial score (nSPS) is 11.3. The summed E-state index contributed by atoms with van der Waals surface area (Å²) in [4.78, 5) is 8.42. The lowest BCUT2D eigenvalue weighted by molar-refractivity contribution is 0.590. The van der Waals surface area contributed by atoms with Gasteiger partial charge in [-0.3, -0.25) is 0 Å². The molecule has 0 aliphatic heterocycles. The van der Waals surface area contributed by atoms with Crippen LogP contribution in [-0.4, -0.2) is 17.0 Å². The fourth-order valence-corrected chi connectivity index (χ4v) is 1.79. The highest BCUT2D eigenvalue weighted by Crippen LogP contribution is 2.25. The minimum absolute atomic E-state index is 0.181. The van der Waals surface area contributed by atoms with Gasteiger partial charge in [-0.25, -0.2) is 9.97 Å². The second-order valence-corrected chi connectivity index (χ2v) is 5.37. The molecule has 1 N–H and O–H groups in total. The number of aromatic nitrogens is 2. The molecule has 1 aromatic heterocycles. The number of benzene rings is 1. The van der Waals surface area contributed by atoms with Gasteiger partial charge in [0.2, 0.25) is 0 Å². The van der Waals surface area contributed by atoms with Crippen molar-refractivity contribution in [3.8, 4) is 11.3 Å². The van der Waals surface area contributed by atoms with E-state index in [-0.39, 0.29) is 5.41 Å². The Kier molecular flexibility index (Phi) is 3.32. The molecule has 2 rings (SSSR count). The average Bonchev–Trinajstić information content (AvgIpc) is 2.38. The number of anilines is 1. The van der Waals surface area contributed by atoms with Crippen LogP contribution in [-0.2, 0) is 5.41 Å². The molecule has 3 nitrogen and oxygen atoms in total. The molecule has 0 saturated carbocycles. The van der Waals surface area contributed by atoms with Crippen molar-refractivity contribution < 1.29 is 0 Å². The van der Waals surface area contributed by atoms with E-state index in [1.807, 2.05) is 13.1 Å². The third kappa shape index (κ3) is 2.67. The first kappa shape index (κ1) is 12.6. The fraction of sp³-hybridized carbons (Fsp3) is 0.333. The first-order chi connectivity index (χ1) is 8.50. The highest BCUT2D eigenvalue weighted by Gasteiger charge is 2.13. The maximum absolute atomic E-state index is 4.30. The summed E-state index contributed by atoms with van der Waals surface area (Å²) >= 11 is 0. The minimum atomic E-state index is 0.181. The molecule has 1 aromatic carbocycles. The van der Waals surface area contributed by atoms with Crippen molar-refractivity contribution in [2.45, 2.75) is 26.2 Å². The summed E-state index contributed by atoms with van der Waals surface area (Å²) in [6.07, 6.45) is 1.58. The van der Waals surface area contributed by atoms with Crippen LogP contribution in [0.1, 0.15) is 26.3 Å². The van der Waals surface area contributed by atoms with Gasteiger partial charge in [-0.05, 0) is 11.0 Å². The lowest BCUT2D eigenvalue weighted by Gasteiger charge is -2.19. The second-order valence-electron chi connectivity index (χ2n) is 5.37. The summed E-state index contributed by atoms with van der Waals surface area (Å²) in [5.74, 6) is 0.833. The lowest BCUT2D eigenvalue weighted by Crippen LogP contribution is -2.10. The zero-order chi connectivity index (χ0) is 13.2. The zero-order valence-corrected chi connectivity index (χ0v) is 11.4. The predicted molar refractivity (Wildman–Crippen MR) is 75.7 cm³/mol. The Bertz CT molecular complexity index is 524. The highest BCUT2D eigenvalue weighted by molar-refractivity contribution is 5.62. The Labute approximate surface area is 108 Å². The number of nitrogens with zero attached hydrogens (tertiary/aromatic N) is 2. The van der Waals surface area contributed by atoms with Gasteiger partial charge in [0.05, 0.1) is 5.69 Å². The number of rotatable bonds is 2. The maximum atomic E-state index is 4.30. The molecule has 0 atom stereocenters. The fourth-order valence-electron chi connectivity index (χ4n) is 1.79. The van der Waals surface area contributed by atoms with E-state index in [2.05, 4.69) is 60.3 Å². The average molecular weight is 241 g/mol. The predicted octanol–water partition coefficient (Wildman–Crippen LogP) is 3.48. The molecule has 0 bridgehead atoms. The van der Waals surface area contributed by atoms with Crippen LogP contribution < -0.4 is 5.32 Å². The molecule has 0 radical (unpaired) electrons. The molecule has 0 aliphatic rings. The van der Waals surface area contributed by atoms with E-state index in [0.717, 1.165) is 17.1 Å².